The van der Waals surface area contributed by atoms with Crippen molar-refractivity contribution in [2.24, 2.45) is 11.7 Å². The second-order valence-electron chi connectivity index (χ2n) is 7.54. The number of carbonyl (C=O) groups excluding carboxylic acids is 2. The Bertz CT molecular complexity index is 983. The fraction of sp³-hybridized carbons (Fsp3) is 0.318. The van der Waals surface area contributed by atoms with Crippen LogP contribution in [0.2, 0.25) is 0 Å². The third-order valence-electron chi connectivity index (χ3n) is 4.80. The first kappa shape index (κ1) is 24.8. The van der Waals surface area contributed by atoms with Crippen LogP contribution in [-0.4, -0.2) is 37.0 Å². The second kappa shape index (κ2) is 11.2. The Morgan fingerprint density at radius 2 is 1.88 bits per heavy atom. The first-order valence-corrected chi connectivity index (χ1v) is 9.97. The van der Waals surface area contributed by atoms with E-state index in [1.807, 2.05) is 26.0 Å². The highest BCUT2D eigenvalue weighted by Gasteiger charge is 2.24. The van der Waals surface area contributed by atoms with E-state index in [-0.39, 0.29) is 49.3 Å². The van der Waals surface area contributed by atoms with E-state index in [0.717, 1.165) is 5.56 Å². The van der Waals surface area contributed by atoms with E-state index in [0.29, 0.717) is 29.3 Å². The maximum atomic E-state index is 12.7. The first-order chi connectivity index (χ1) is 14.8. The molecule has 0 aromatic heterocycles. The summed E-state index contributed by atoms with van der Waals surface area (Å²) in [6, 6.07) is 11.7. The molecule has 2 aromatic rings. The van der Waals surface area contributed by atoms with Crippen LogP contribution in [0.3, 0.4) is 0 Å². The third kappa shape index (κ3) is 6.52. The Morgan fingerprint density at radius 1 is 1.12 bits per heavy atom. The zero-order valence-electron chi connectivity index (χ0n) is 17.9. The number of hydrogen-bond acceptors (Lipinski definition) is 6. The molecule has 0 saturated heterocycles. The molecule has 172 valence electrons. The Morgan fingerprint density at radius 3 is 2.59 bits per heavy atom. The number of nitrogen functional groups attached to an aromatic ring is 1. The normalized spacial score (nSPS) is 12.5. The summed E-state index contributed by atoms with van der Waals surface area (Å²) in [4.78, 5) is 25.1. The molecule has 0 radical (unpaired) electrons. The van der Waals surface area contributed by atoms with Gasteiger partial charge in [0.25, 0.3) is 0 Å². The number of rotatable bonds is 9. The molecule has 9 nitrogen and oxygen atoms in total. The molecule has 0 bridgehead atoms. The van der Waals surface area contributed by atoms with Crippen LogP contribution in [0.1, 0.15) is 25.0 Å². The number of carbonyl (C=O) groups is 2. The van der Waals surface area contributed by atoms with Gasteiger partial charge in [-0.1, -0.05) is 32.0 Å². The lowest BCUT2D eigenvalue weighted by Crippen LogP contribution is -2.50. The van der Waals surface area contributed by atoms with Gasteiger partial charge in [-0.2, -0.15) is 0 Å². The molecule has 1 aliphatic rings. The Kier molecular flexibility index (Phi) is 8.71. The van der Waals surface area contributed by atoms with Crippen molar-refractivity contribution in [2.45, 2.75) is 26.4 Å². The predicted molar refractivity (Wildman–Crippen MR) is 124 cm³/mol. The number of nitrogens with two attached hydrogens (primary N) is 1. The lowest BCUT2D eigenvalue weighted by Gasteiger charge is -2.22. The van der Waals surface area contributed by atoms with Crippen molar-refractivity contribution < 1.29 is 19.1 Å². The number of ether oxygens (including phenoxy) is 2. The number of benzene rings is 2. The van der Waals surface area contributed by atoms with E-state index in [1.54, 1.807) is 30.3 Å². The standard InChI is InChI=1S/C22H27N5O4.ClH/c1-13(2)20(22(29)26-10-14-6-7-17-18(8-14)31-12-30-17)27-19(28)11-25-16-5-3-4-15(9-16)21(23)24;/h3-9,13,20,25H,10-12H2,1-2H3,(H3,23,24)(H,26,29)(H,27,28);1H. The average Bonchev–Trinajstić information content (AvgIpc) is 3.22. The van der Waals surface area contributed by atoms with Crippen molar-refractivity contribution >= 4 is 35.7 Å². The molecule has 0 fully saturated rings. The molecular weight excluding hydrogens is 434 g/mol. The van der Waals surface area contributed by atoms with Crippen molar-refractivity contribution in [3.63, 3.8) is 0 Å². The van der Waals surface area contributed by atoms with Gasteiger partial charge >= 0.3 is 0 Å². The highest BCUT2D eigenvalue weighted by molar-refractivity contribution is 5.96. The minimum Gasteiger partial charge on any atom is -0.454 e. The molecule has 2 amide bonds. The Balaban J connectivity index is 0.00000363. The molecule has 1 aliphatic heterocycles. The molecule has 32 heavy (non-hydrogen) atoms. The van der Waals surface area contributed by atoms with Gasteiger partial charge < -0.3 is 31.2 Å². The van der Waals surface area contributed by atoms with Crippen molar-refractivity contribution in [3.05, 3.63) is 53.6 Å². The van der Waals surface area contributed by atoms with E-state index in [4.69, 9.17) is 20.6 Å². The highest BCUT2D eigenvalue weighted by Crippen LogP contribution is 2.32. The van der Waals surface area contributed by atoms with Gasteiger partial charge in [-0.15, -0.1) is 12.4 Å². The summed E-state index contributed by atoms with van der Waals surface area (Å²) in [7, 11) is 0. The second-order valence-corrected chi connectivity index (χ2v) is 7.54. The fourth-order valence-electron chi connectivity index (χ4n) is 3.09. The summed E-state index contributed by atoms with van der Waals surface area (Å²) in [5.74, 6) is 0.614. The number of hydrogen-bond donors (Lipinski definition) is 5. The van der Waals surface area contributed by atoms with Gasteiger partial charge in [0.15, 0.2) is 11.5 Å². The van der Waals surface area contributed by atoms with Crippen LogP contribution in [0, 0.1) is 11.3 Å². The van der Waals surface area contributed by atoms with Crippen molar-refractivity contribution in [1.82, 2.24) is 10.6 Å². The Labute approximate surface area is 193 Å². The van der Waals surface area contributed by atoms with Crippen LogP contribution >= 0.6 is 12.4 Å². The first-order valence-electron chi connectivity index (χ1n) is 9.97. The molecule has 6 N–H and O–H groups in total. The topological polar surface area (TPSA) is 139 Å². The van der Waals surface area contributed by atoms with Crippen LogP contribution in [0.5, 0.6) is 11.5 Å². The maximum Gasteiger partial charge on any atom is 0.243 e. The summed E-state index contributed by atoms with van der Waals surface area (Å²) >= 11 is 0. The van der Waals surface area contributed by atoms with Gasteiger partial charge in [0, 0.05) is 17.8 Å². The van der Waals surface area contributed by atoms with E-state index >= 15 is 0 Å². The highest BCUT2D eigenvalue weighted by atomic mass is 35.5. The van der Waals surface area contributed by atoms with Crippen LogP contribution in [-0.2, 0) is 16.1 Å². The lowest BCUT2D eigenvalue weighted by atomic mass is 10.0. The summed E-state index contributed by atoms with van der Waals surface area (Å²) in [5.41, 5.74) is 7.59. The van der Waals surface area contributed by atoms with E-state index in [1.165, 1.54) is 0 Å². The molecule has 1 unspecified atom stereocenters. The fourth-order valence-corrected chi connectivity index (χ4v) is 3.09. The number of amidine groups is 1. The minimum atomic E-state index is -0.674. The van der Waals surface area contributed by atoms with Crippen molar-refractivity contribution in [1.29, 1.82) is 5.41 Å². The molecule has 0 saturated carbocycles. The molecule has 10 heteroatoms. The molecule has 1 heterocycles. The minimum absolute atomic E-state index is 0. The average molecular weight is 462 g/mol. The van der Waals surface area contributed by atoms with Gasteiger partial charge in [-0.3, -0.25) is 15.0 Å². The van der Waals surface area contributed by atoms with Crippen LogP contribution in [0.4, 0.5) is 5.69 Å². The summed E-state index contributed by atoms with van der Waals surface area (Å²) in [6.07, 6.45) is 0. The molecule has 2 aromatic carbocycles. The molecule has 0 aliphatic carbocycles. The van der Waals surface area contributed by atoms with E-state index in [2.05, 4.69) is 16.0 Å². The molecule has 3 rings (SSSR count). The van der Waals surface area contributed by atoms with Crippen LogP contribution in [0.15, 0.2) is 42.5 Å². The number of nitrogens with one attached hydrogen (secondary N) is 4. The van der Waals surface area contributed by atoms with Crippen LogP contribution in [0.25, 0.3) is 0 Å². The lowest BCUT2D eigenvalue weighted by molar-refractivity contribution is -0.129. The van der Waals surface area contributed by atoms with Crippen molar-refractivity contribution in [3.8, 4) is 11.5 Å². The van der Waals surface area contributed by atoms with Gasteiger partial charge in [0.2, 0.25) is 18.6 Å². The number of fused-ring (bicyclic) bond motifs is 1. The molecular formula is C22H28ClN5O4. The van der Waals surface area contributed by atoms with Gasteiger partial charge in [-0.25, -0.2) is 0 Å². The zero-order valence-corrected chi connectivity index (χ0v) is 18.8. The SMILES string of the molecule is CC(C)C(NC(=O)CNc1cccc(C(=N)N)c1)C(=O)NCc1ccc2c(c1)OCO2.Cl. The summed E-state index contributed by atoms with van der Waals surface area (Å²) in [6.45, 7) is 4.23. The molecule has 0 spiro atoms. The van der Waals surface area contributed by atoms with Gasteiger partial charge in [-0.05, 0) is 35.7 Å². The number of halogens is 1. The summed E-state index contributed by atoms with van der Waals surface area (Å²) < 4.78 is 10.6. The molecule has 1 atom stereocenters. The monoisotopic (exact) mass is 461 g/mol. The quantitative estimate of drug-likeness (QED) is 0.286. The zero-order chi connectivity index (χ0) is 22.4. The Hall–Kier alpha value is -3.46. The number of amides is 2. The smallest absolute Gasteiger partial charge is 0.243 e. The largest absolute Gasteiger partial charge is 0.454 e. The number of anilines is 1. The van der Waals surface area contributed by atoms with Crippen molar-refractivity contribution in [2.75, 3.05) is 18.7 Å². The third-order valence-corrected chi connectivity index (χ3v) is 4.80. The van der Waals surface area contributed by atoms with Crippen LogP contribution < -0.4 is 31.2 Å². The van der Waals surface area contributed by atoms with Gasteiger partial charge in [0.05, 0.1) is 6.54 Å². The van der Waals surface area contributed by atoms with E-state index < -0.39 is 6.04 Å². The maximum absolute atomic E-state index is 12.7. The predicted octanol–water partition coefficient (Wildman–Crippen LogP) is 1.99. The van der Waals surface area contributed by atoms with E-state index in [9.17, 15) is 9.59 Å². The van der Waals surface area contributed by atoms with Gasteiger partial charge in [0.1, 0.15) is 11.9 Å². The summed E-state index contributed by atoms with van der Waals surface area (Å²) in [5, 5.41) is 16.1.